The molecule has 0 amide bonds. The first-order chi connectivity index (χ1) is 55.8. The molecule has 0 saturated carbocycles. The van der Waals surface area contributed by atoms with Crippen LogP contribution in [0.2, 0.25) is 0 Å². The van der Waals surface area contributed by atoms with Gasteiger partial charge in [0.25, 0.3) is 0 Å². The molecule has 3 aliphatic rings. The lowest BCUT2D eigenvalue weighted by Crippen LogP contribution is -2.28. The summed E-state index contributed by atoms with van der Waals surface area (Å²) in [6, 6.07) is -62.0. The molecule has 0 aliphatic heterocycles. The zero-order chi connectivity index (χ0) is 89.0. The summed E-state index contributed by atoms with van der Waals surface area (Å²) >= 11 is 0. The molecular weight excluding hydrogens is 879 g/mol. The Morgan fingerprint density at radius 1 is 0.260 bits per heavy atom. The lowest BCUT2D eigenvalue weighted by molar-refractivity contribution is 0.768. The largest absolute Gasteiger partial charge is 0.310 e. The molecule has 0 aromatic heterocycles. The minimum absolute atomic E-state index is 0.0684. The minimum Gasteiger partial charge on any atom is -0.310 e. The zero-order valence-corrected chi connectivity index (χ0v) is 36.4. The molecule has 15 rings (SSSR count). The van der Waals surface area contributed by atoms with Gasteiger partial charge in [-0.3, -0.25) is 0 Å². The van der Waals surface area contributed by atoms with Crippen molar-refractivity contribution in [2.75, 3.05) is 4.90 Å². The second-order valence-corrected chi connectivity index (χ2v) is 16.3. The zero-order valence-electron chi connectivity index (χ0n) is 83.4. The molecule has 0 heterocycles. The molecule has 0 saturated heterocycles. The Morgan fingerprint density at radius 3 is 1.37 bits per heavy atom. The highest BCUT2D eigenvalue weighted by Gasteiger charge is 2.52. The fourth-order valence-electron chi connectivity index (χ4n) is 10.2. The van der Waals surface area contributed by atoms with E-state index in [0.717, 1.165) is 0 Å². The standard InChI is InChI=1S/C72H47N/c1-4-24-50(25-5-1)71(51-26-6-2-7-27-51)63-37-16-12-34-59(63)60-45-43-54(47-68(60)71)73(52-28-8-3-9-29-52)53-30-20-23-49(46-53)56-44-42-48-22-10-11-31-55(48)69(56)62-36-21-41-67-70(62)61-35-15-19-40-66(61)72(67)64-38-17-13-32-57(64)58-33-14-18-39-65(58)72/h1-47H/i1D,2D,3D,4D,5D,6D,7D,8D,9D,10D,11D,12D,13D,14D,15D,16D,17D,18D,19D,20D,21D,22D,23D,24D,25D,26D,27D,28D,29D,30D,31D,32D,33D,34D,35D,36D,37D,38D,39D,40D,41D,42D,43D,44D,45D,46D,47D. The van der Waals surface area contributed by atoms with Crippen molar-refractivity contribution in [2.45, 2.75) is 10.8 Å². The van der Waals surface area contributed by atoms with Gasteiger partial charge in [-0.05, 0) is 147 Å². The predicted octanol–water partition coefficient (Wildman–Crippen LogP) is 18.4. The monoisotopic (exact) mass is 973 g/mol. The van der Waals surface area contributed by atoms with Gasteiger partial charge in [-0.2, -0.15) is 0 Å². The van der Waals surface area contributed by atoms with Gasteiger partial charge in [-0.15, -0.1) is 0 Å². The topological polar surface area (TPSA) is 3.24 Å². The van der Waals surface area contributed by atoms with E-state index in [1.54, 1.807) is 0 Å². The van der Waals surface area contributed by atoms with Crippen molar-refractivity contribution in [1.82, 2.24) is 0 Å². The Hall–Kier alpha value is -9.30. The molecule has 0 atom stereocenters. The van der Waals surface area contributed by atoms with Crippen molar-refractivity contribution in [2.24, 2.45) is 0 Å². The summed E-state index contributed by atoms with van der Waals surface area (Å²) in [6.07, 6.45) is 0. The third-order valence-corrected chi connectivity index (χ3v) is 12.9. The summed E-state index contributed by atoms with van der Waals surface area (Å²) in [5.74, 6) is 0. The third kappa shape index (κ3) is 5.79. The molecule has 0 unspecified atom stereocenters. The fraction of sp³-hybridized carbons (Fsp3) is 0.0278. The number of nitrogens with zero attached hydrogens (tertiary/aromatic N) is 1. The maximum absolute atomic E-state index is 10.9. The number of hydrogen-bond acceptors (Lipinski definition) is 1. The third-order valence-electron chi connectivity index (χ3n) is 12.9. The van der Waals surface area contributed by atoms with Gasteiger partial charge in [0.15, 0.2) is 0 Å². The van der Waals surface area contributed by atoms with Crippen LogP contribution in [0.15, 0.2) is 284 Å². The summed E-state index contributed by atoms with van der Waals surface area (Å²) < 4.78 is 452. The number of rotatable bonds is 7. The number of hydrogen-bond donors (Lipinski definition) is 0. The Balaban J connectivity index is 1.21. The molecule has 12 aromatic rings. The van der Waals surface area contributed by atoms with Crippen LogP contribution < -0.4 is 4.90 Å². The number of benzene rings is 12. The van der Waals surface area contributed by atoms with Gasteiger partial charge in [0, 0.05) is 17.1 Å². The van der Waals surface area contributed by atoms with Gasteiger partial charge in [0.1, 0.15) is 0 Å². The molecule has 12 aromatic carbocycles. The number of anilines is 3. The molecule has 1 spiro atoms. The maximum atomic E-state index is 10.9. The molecule has 0 bridgehead atoms. The second-order valence-electron chi connectivity index (χ2n) is 16.3. The van der Waals surface area contributed by atoms with Crippen molar-refractivity contribution in [1.29, 1.82) is 0 Å². The summed E-state index contributed by atoms with van der Waals surface area (Å²) in [6.45, 7) is 0. The minimum atomic E-state index is -3.68. The average Bonchev–Trinajstić information content (AvgIpc) is 1.48. The molecule has 0 fully saturated rings. The number of fused-ring (bicyclic) bond motifs is 14. The van der Waals surface area contributed by atoms with Crippen LogP contribution in [0, 0.1) is 0 Å². The summed E-state index contributed by atoms with van der Waals surface area (Å²) in [5.41, 5.74) is -31.3. The fourth-order valence-corrected chi connectivity index (χ4v) is 10.2. The Labute approximate surface area is 492 Å². The molecule has 3 aliphatic carbocycles. The van der Waals surface area contributed by atoms with Crippen molar-refractivity contribution in [3.63, 3.8) is 0 Å². The summed E-state index contributed by atoms with van der Waals surface area (Å²) in [5, 5.41) is -2.18. The summed E-state index contributed by atoms with van der Waals surface area (Å²) in [4.78, 5) is 0.0684. The van der Waals surface area contributed by atoms with Gasteiger partial charge in [-0.25, -0.2) is 0 Å². The highest BCUT2D eigenvalue weighted by Crippen LogP contribution is 2.65. The first-order valence-corrected chi connectivity index (χ1v) is 21.7. The Bertz CT molecular complexity index is 6780. The van der Waals surface area contributed by atoms with E-state index in [0.29, 0.717) is 0 Å². The van der Waals surface area contributed by atoms with E-state index in [-0.39, 0.29) is 4.90 Å². The van der Waals surface area contributed by atoms with Crippen LogP contribution in [-0.2, 0) is 10.8 Å². The predicted molar refractivity (Wildman–Crippen MR) is 303 cm³/mol. The van der Waals surface area contributed by atoms with Gasteiger partial charge < -0.3 is 4.90 Å². The molecule has 73 heavy (non-hydrogen) atoms. The highest BCUT2D eigenvalue weighted by atomic mass is 15.1. The van der Waals surface area contributed by atoms with E-state index in [4.69, 9.17) is 15.1 Å². The first kappa shape index (κ1) is 16.1. The maximum Gasteiger partial charge on any atom is 0.0725 e. The van der Waals surface area contributed by atoms with Crippen LogP contribution in [0.25, 0.3) is 66.4 Å². The van der Waals surface area contributed by atoms with Crippen LogP contribution in [0.1, 0.15) is 109 Å². The van der Waals surface area contributed by atoms with Crippen LogP contribution in [0.4, 0.5) is 17.1 Å². The van der Waals surface area contributed by atoms with Gasteiger partial charge in [0.05, 0.1) is 75.3 Å². The molecule has 0 N–H and O–H groups in total. The molecule has 340 valence electrons. The van der Waals surface area contributed by atoms with E-state index in [1.165, 1.54) is 0 Å². The van der Waals surface area contributed by atoms with Crippen LogP contribution in [0.3, 0.4) is 0 Å². The van der Waals surface area contributed by atoms with Crippen LogP contribution in [0.5, 0.6) is 0 Å². The molecular formula is C72H47N. The van der Waals surface area contributed by atoms with E-state index in [9.17, 15) is 49.3 Å². The smallest absolute Gasteiger partial charge is 0.0725 e. The normalized spacial score (nSPS) is 22.7. The van der Waals surface area contributed by atoms with Crippen LogP contribution >= 0.6 is 0 Å². The highest BCUT2D eigenvalue weighted by molar-refractivity contribution is 6.10. The lowest BCUT2D eigenvalue weighted by atomic mass is 9.67. The van der Waals surface area contributed by atoms with E-state index in [1.807, 2.05) is 0 Å². The summed E-state index contributed by atoms with van der Waals surface area (Å²) in [7, 11) is 0. The lowest BCUT2D eigenvalue weighted by Gasteiger charge is -2.35. The number of para-hydroxylation sites is 1. The molecule has 1 nitrogen and oxygen atoms in total. The second kappa shape index (κ2) is 16.1. The van der Waals surface area contributed by atoms with E-state index < -0.39 is 423 Å². The van der Waals surface area contributed by atoms with E-state index in [2.05, 4.69) is 0 Å². The quantitative estimate of drug-likeness (QED) is 0.154. The van der Waals surface area contributed by atoms with Gasteiger partial charge >= 0.3 is 0 Å². The molecule has 1 heteroatoms. The van der Waals surface area contributed by atoms with Gasteiger partial charge in [-0.1, -0.05) is 248 Å². The van der Waals surface area contributed by atoms with Crippen molar-refractivity contribution in [3.05, 3.63) is 329 Å². The van der Waals surface area contributed by atoms with E-state index >= 15 is 0 Å². The molecule has 0 radical (unpaired) electrons. The van der Waals surface area contributed by atoms with Crippen molar-refractivity contribution in [3.8, 4) is 55.6 Å². The Morgan fingerprint density at radius 2 is 0.712 bits per heavy atom. The average molecular weight is 973 g/mol. The van der Waals surface area contributed by atoms with Crippen molar-refractivity contribution < 1.29 is 64.4 Å². The van der Waals surface area contributed by atoms with Crippen LogP contribution in [-0.4, -0.2) is 0 Å². The Kier molecular flexibility index (Phi) is 3.56. The van der Waals surface area contributed by atoms with Gasteiger partial charge in [0.2, 0.25) is 0 Å². The SMILES string of the molecule is [2H]c1c([2H])c([2H])c(N(c2c([2H])c([2H])c([2H])c(-c3c([2H])c([2H])c4c([2H])c([2H])c([2H])c([2H])c4c3-c3c([2H])c([2H])c([2H])c4c3-c3c([2H])c([2H])c([2H])c([2H])c3C43c4c([2H])c([2H])c([2H])c([2H])c4-c4c([2H])c([2H])c([2H])c([2H])c43)c2[2H])c2c([2H])c([2H])c3c(c2[2H])C(c2c([2H])c([2H])c([2H])c([2H])c2[2H])(c2c([2H])c([2H])c([2H])c([2H])c2[2H])c2c([2H])c([2H])c([2H])c([2H])c2-3)c([2H])c1[2H]. The first-order valence-electron chi connectivity index (χ1n) is 45.2. The van der Waals surface area contributed by atoms with Crippen molar-refractivity contribution >= 4 is 27.8 Å².